The second-order valence-corrected chi connectivity index (χ2v) is 4.66. The molecule has 0 atom stereocenters. The lowest BCUT2D eigenvalue weighted by Crippen LogP contribution is -2.35. The van der Waals surface area contributed by atoms with Crippen LogP contribution >= 0.6 is 0 Å². The van der Waals surface area contributed by atoms with Gasteiger partial charge in [0.05, 0.1) is 6.61 Å². The molecule has 1 fully saturated rings. The minimum absolute atomic E-state index is 0.251. The van der Waals surface area contributed by atoms with Crippen LogP contribution in [0.2, 0.25) is 0 Å². The van der Waals surface area contributed by atoms with E-state index >= 15 is 0 Å². The van der Waals surface area contributed by atoms with E-state index in [1.54, 1.807) is 6.92 Å². The molecule has 0 amide bonds. The molecule has 0 radical (unpaired) electrons. The van der Waals surface area contributed by atoms with Crippen molar-refractivity contribution in [3.05, 3.63) is 11.7 Å². The number of nitrogens with zero attached hydrogens (tertiary/aromatic N) is 2. The topological polar surface area (TPSA) is 74.5 Å². The van der Waals surface area contributed by atoms with Crippen molar-refractivity contribution in [2.45, 2.75) is 51.6 Å². The lowest BCUT2D eigenvalue weighted by molar-refractivity contribution is -0.151. The molecular formula is C13H20N2O4. The lowest BCUT2D eigenvalue weighted by Gasteiger charge is -2.21. The van der Waals surface area contributed by atoms with E-state index in [4.69, 9.17) is 14.0 Å². The SMILES string of the molecule is CCOCc1noc(C2(C(=O)OCC)CCCC2)n1. The van der Waals surface area contributed by atoms with Crippen LogP contribution in [0.25, 0.3) is 0 Å². The number of ether oxygens (including phenoxy) is 2. The molecule has 6 nitrogen and oxygen atoms in total. The van der Waals surface area contributed by atoms with Gasteiger partial charge in [-0.05, 0) is 26.7 Å². The molecule has 0 N–H and O–H groups in total. The Morgan fingerprint density at radius 3 is 2.68 bits per heavy atom. The average Bonchev–Trinajstić information content (AvgIpc) is 3.06. The van der Waals surface area contributed by atoms with E-state index in [0.29, 0.717) is 44.4 Å². The highest BCUT2D eigenvalue weighted by Crippen LogP contribution is 2.41. The average molecular weight is 268 g/mol. The molecule has 0 unspecified atom stereocenters. The summed E-state index contributed by atoms with van der Waals surface area (Å²) < 4.78 is 15.7. The van der Waals surface area contributed by atoms with Crippen LogP contribution in [0.5, 0.6) is 0 Å². The van der Waals surface area contributed by atoms with Gasteiger partial charge in [0, 0.05) is 6.61 Å². The molecule has 1 aromatic heterocycles. The molecule has 2 rings (SSSR count). The third-order valence-electron chi connectivity index (χ3n) is 3.44. The molecule has 1 aromatic rings. The van der Waals surface area contributed by atoms with Crippen LogP contribution in [-0.2, 0) is 26.3 Å². The summed E-state index contributed by atoms with van der Waals surface area (Å²) in [4.78, 5) is 16.5. The first kappa shape index (κ1) is 14.0. The molecular weight excluding hydrogens is 248 g/mol. The van der Waals surface area contributed by atoms with Gasteiger partial charge in [-0.2, -0.15) is 4.98 Å². The Morgan fingerprint density at radius 1 is 1.32 bits per heavy atom. The Kier molecular flexibility index (Phi) is 4.52. The van der Waals surface area contributed by atoms with E-state index in [0.717, 1.165) is 12.8 Å². The highest BCUT2D eigenvalue weighted by molar-refractivity contribution is 5.82. The summed E-state index contributed by atoms with van der Waals surface area (Å²) in [6, 6.07) is 0. The van der Waals surface area contributed by atoms with Gasteiger partial charge in [-0.25, -0.2) is 0 Å². The van der Waals surface area contributed by atoms with Crippen molar-refractivity contribution in [2.24, 2.45) is 0 Å². The predicted octanol–water partition coefficient (Wildman–Crippen LogP) is 1.98. The summed E-state index contributed by atoms with van der Waals surface area (Å²) in [7, 11) is 0. The van der Waals surface area contributed by atoms with E-state index in [1.807, 2.05) is 6.92 Å². The van der Waals surface area contributed by atoms with Gasteiger partial charge in [-0.15, -0.1) is 0 Å². The zero-order valence-corrected chi connectivity index (χ0v) is 11.5. The zero-order chi connectivity index (χ0) is 13.7. The van der Waals surface area contributed by atoms with Crippen molar-refractivity contribution in [2.75, 3.05) is 13.2 Å². The molecule has 1 saturated carbocycles. The lowest BCUT2D eigenvalue weighted by atomic mass is 9.86. The van der Waals surface area contributed by atoms with Gasteiger partial charge < -0.3 is 14.0 Å². The Labute approximate surface area is 112 Å². The van der Waals surface area contributed by atoms with E-state index in [9.17, 15) is 4.79 Å². The number of hydrogen-bond acceptors (Lipinski definition) is 6. The number of hydrogen-bond donors (Lipinski definition) is 0. The fourth-order valence-corrected chi connectivity index (χ4v) is 2.45. The number of carbonyl (C=O) groups is 1. The van der Waals surface area contributed by atoms with Crippen LogP contribution in [0.4, 0.5) is 0 Å². The maximum absolute atomic E-state index is 12.2. The standard InChI is InChI=1S/C13H20N2O4/c1-3-17-9-10-14-11(19-15-10)13(7-5-6-8-13)12(16)18-4-2/h3-9H2,1-2H3. The van der Waals surface area contributed by atoms with Crippen LogP contribution < -0.4 is 0 Å². The van der Waals surface area contributed by atoms with Crippen LogP contribution in [-0.4, -0.2) is 29.3 Å². The minimum Gasteiger partial charge on any atom is -0.465 e. The van der Waals surface area contributed by atoms with Crippen molar-refractivity contribution in [3.63, 3.8) is 0 Å². The van der Waals surface area contributed by atoms with Crippen LogP contribution in [0.1, 0.15) is 51.2 Å². The summed E-state index contributed by atoms with van der Waals surface area (Å²) in [6.07, 6.45) is 3.37. The first-order valence-corrected chi connectivity index (χ1v) is 6.81. The smallest absolute Gasteiger partial charge is 0.321 e. The van der Waals surface area contributed by atoms with Crippen molar-refractivity contribution in [1.82, 2.24) is 10.1 Å². The number of rotatable bonds is 6. The van der Waals surface area contributed by atoms with Gasteiger partial charge in [0.25, 0.3) is 0 Å². The first-order valence-electron chi connectivity index (χ1n) is 6.81. The fraction of sp³-hybridized carbons (Fsp3) is 0.769. The van der Waals surface area contributed by atoms with Crippen molar-refractivity contribution >= 4 is 5.97 Å². The van der Waals surface area contributed by atoms with Gasteiger partial charge in [-0.3, -0.25) is 4.79 Å². The molecule has 0 bridgehead atoms. The highest BCUT2D eigenvalue weighted by Gasteiger charge is 2.49. The molecule has 1 aliphatic rings. The maximum atomic E-state index is 12.2. The van der Waals surface area contributed by atoms with Gasteiger partial charge >= 0.3 is 5.97 Å². The van der Waals surface area contributed by atoms with E-state index < -0.39 is 5.41 Å². The van der Waals surface area contributed by atoms with E-state index in [1.165, 1.54) is 0 Å². The molecule has 106 valence electrons. The molecule has 1 aliphatic carbocycles. The monoisotopic (exact) mass is 268 g/mol. The molecule has 0 aromatic carbocycles. The second kappa shape index (κ2) is 6.14. The molecule has 0 saturated heterocycles. The molecule has 1 heterocycles. The Hall–Kier alpha value is -1.43. The molecule has 19 heavy (non-hydrogen) atoms. The van der Waals surface area contributed by atoms with Crippen molar-refractivity contribution in [1.29, 1.82) is 0 Å². The summed E-state index contributed by atoms with van der Waals surface area (Å²) in [6.45, 7) is 4.96. The van der Waals surface area contributed by atoms with Gasteiger partial charge in [0.1, 0.15) is 12.0 Å². The first-order chi connectivity index (χ1) is 9.23. The zero-order valence-electron chi connectivity index (χ0n) is 11.5. The minimum atomic E-state index is -0.743. The molecule has 0 spiro atoms. The third kappa shape index (κ3) is 2.78. The van der Waals surface area contributed by atoms with Crippen LogP contribution in [0, 0.1) is 0 Å². The Balaban J connectivity index is 2.19. The van der Waals surface area contributed by atoms with Gasteiger partial charge in [-0.1, -0.05) is 18.0 Å². The fourth-order valence-electron chi connectivity index (χ4n) is 2.45. The Bertz CT molecular complexity index is 424. The van der Waals surface area contributed by atoms with E-state index in [-0.39, 0.29) is 5.97 Å². The largest absolute Gasteiger partial charge is 0.465 e. The summed E-state index contributed by atoms with van der Waals surface area (Å²) in [5.74, 6) is 0.602. The normalized spacial score (nSPS) is 17.6. The number of aromatic nitrogens is 2. The summed E-state index contributed by atoms with van der Waals surface area (Å²) in [5.41, 5.74) is -0.743. The van der Waals surface area contributed by atoms with Gasteiger partial charge in [0.15, 0.2) is 5.82 Å². The third-order valence-corrected chi connectivity index (χ3v) is 3.44. The molecule has 0 aliphatic heterocycles. The molecule has 6 heteroatoms. The number of esters is 1. The summed E-state index contributed by atoms with van der Waals surface area (Å²) in [5, 5.41) is 3.87. The van der Waals surface area contributed by atoms with Gasteiger partial charge in [0.2, 0.25) is 5.89 Å². The van der Waals surface area contributed by atoms with Crippen LogP contribution in [0.15, 0.2) is 4.52 Å². The maximum Gasteiger partial charge on any atom is 0.321 e. The number of carbonyl (C=O) groups excluding carboxylic acids is 1. The van der Waals surface area contributed by atoms with Crippen molar-refractivity contribution < 1.29 is 18.8 Å². The highest BCUT2D eigenvalue weighted by atomic mass is 16.5. The predicted molar refractivity (Wildman–Crippen MR) is 66.4 cm³/mol. The van der Waals surface area contributed by atoms with Crippen LogP contribution in [0.3, 0.4) is 0 Å². The Morgan fingerprint density at radius 2 is 2.05 bits per heavy atom. The second-order valence-electron chi connectivity index (χ2n) is 4.66. The van der Waals surface area contributed by atoms with Crippen molar-refractivity contribution in [3.8, 4) is 0 Å². The quantitative estimate of drug-likeness (QED) is 0.734. The van der Waals surface area contributed by atoms with E-state index in [2.05, 4.69) is 10.1 Å². The summed E-state index contributed by atoms with van der Waals surface area (Å²) >= 11 is 0.